The molecular weight excluding hydrogens is 271 g/mol. The average Bonchev–Trinajstić information content (AvgIpc) is 2.37. The number of benzene rings is 2. The van der Waals surface area contributed by atoms with Crippen molar-refractivity contribution in [2.24, 2.45) is 0 Å². The maximum absolute atomic E-state index is 11.9. The van der Waals surface area contributed by atoms with Crippen LogP contribution in [0.2, 0.25) is 0 Å². The van der Waals surface area contributed by atoms with E-state index in [0.717, 1.165) is 10.3 Å². The SMILES string of the molecule is FC(F)(F)CNCCSc1ccc2ccccc2c1. The summed E-state index contributed by atoms with van der Waals surface area (Å²) < 4.78 is 35.7. The van der Waals surface area contributed by atoms with Crippen molar-refractivity contribution < 1.29 is 13.2 Å². The third kappa shape index (κ3) is 4.76. The Morgan fingerprint density at radius 1 is 1.00 bits per heavy atom. The van der Waals surface area contributed by atoms with E-state index in [9.17, 15) is 13.2 Å². The first-order valence-electron chi connectivity index (χ1n) is 5.94. The molecule has 1 N–H and O–H groups in total. The minimum atomic E-state index is -4.13. The van der Waals surface area contributed by atoms with E-state index in [1.165, 1.54) is 5.39 Å². The molecule has 1 nitrogen and oxygen atoms in total. The fourth-order valence-corrected chi connectivity index (χ4v) is 2.59. The number of alkyl halides is 3. The zero-order chi connectivity index (χ0) is 13.7. The van der Waals surface area contributed by atoms with Gasteiger partial charge in [0, 0.05) is 17.2 Å². The summed E-state index contributed by atoms with van der Waals surface area (Å²) in [6.45, 7) is -0.581. The lowest BCUT2D eigenvalue weighted by Gasteiger charge is -2.08. The summed E-state index contributed by atoms with van der Waals surface area (Å²) >= 11 is 1.56. The largest absolute Gasteiger partial charge is 0.401 e. The van der Waals surface area contributed by atoms with Gasteiger partial charge in [-0.2, -0.15) is 13.2 Å². The highest BCUT2D eigenvalue weighted by Gasteiger charge is 2.25. The Morgan fingerprint density at radius 3 is 2.47 bits per heavy atom. The van der Waals surface area contributed by atoms with E-state index in [0.29, 0.717) is 12.3 Å². The van der Waals surface area contributed by atoms with Gasteiger partial charge in [-0.1, -0.05) is 30.3 Å². The Kier molecular flexibility index (Phi) is 4.71. The smallest absolute Gasteiger partial charge is 0.308 e. The van der Waals surface area contributed by atoms with Gasteiger partial charge < -0.3 is 5.32 Å². The van der Waals surface area contributed by atoms with Crippen LogP contribution in [0.15, 0.2) is 47.4 Å². The van der Waals surface area contributed by atoms with Crippen LogP contribution in [0.4, 0.5) is 13.2 Å². The van der Waals surface area contributed by atoms with Crippen LogP contribution >= 0.6 is 11.8 Å². The van der Waals surface area contributed by atoms with Crippen LogP contribution in [0.3, 0.4) is 0 Å². The van der Waals surface area contributed by atoms with Crippen molar-refractivity contribution in [3.8, 4) is 0 Å². The topological polar surface area (TPSA) is 12.0 Å². The number of rotatable bonds is 5. The van der Waals surface area contributed by atoms with Crippen LogP contribution in [0.1, 0.15) is 0 Å². The molecule has 0 aliphatic rings. The van der Waals surface area contributed by atoms with Gasteiger partial charge in [0.2, 0.25) is 0 Å². The van der Waals surface area contributed by atoms with Gasteiger partial charge in [0.1, 0.15) is 0 Å². The van der Waals surface area contributed by atoms with Gasteiger partial charge in [-0.25, -0.2) is 0 Å². The predicted molar refractivity (Wildman–Crippen MR) is 73.6 cm³/mol. The molecule has 0 radical (unpaired) electrons. The number of thioether (sulfide) groups is 1. The summed E-state index contributed by atoms with van der Waals surface area (Å²) in [6, 6.07) is 14.1. The van der Waals surface area contributed by atoms with E-state index in [2.05, 4.69) is 11.4 Å². The molecule has 2 rings (SSSR count). The normalized spacial score (nSPS) is 11.9. The zero-order valence-electron chi connectivity index (χ0n) is 10.2. The van der Waals surface area contributed by atoms with Crippen molar-refractivity contribution in [1.82, 2.24) is 5.32 Å². The highest BCUT2D eigenvalue weighted by atomic mass is 32.2. The van der Waals surface area contributed by atoms with E-state index in [1.807, 2.05) is 36.4 Å². The Morgan fingerprint density at radius 2 is 1.74 bits per heavy atom. The summed E-state index contributed by atoms with van der Waals surface area (Å²) in [7, 11) is 0. The van der Waals surface area contributed by atoms with Crippen molar-refractivity contribution in [3.63, 3.8) is 0 Å². The van der Waals surface area contributed by atoms with Crippen molar-refractivity contribution in [1.29, 1.82) is 0 Å². The van der Waals surface area contributed by atoms with Crippen LogP contribution in [-0.2, 0) is 0 Å². The second kappa shape index (κ2) is 6.30. The first kappa shape index (κ1) is 14.2. The molecule has 0 amide bonds. The molecule has 5 heteroatoms. The summed E-state index contributed by atoms with van der Waals surface area (Å²) in [6.07, 6.45) is -4.13. The zero-order valence-corrected chi connectivity index (χ0v) is 11.0. The lowest BCUT2D eigenvalue weighted by Crippen LogP contribution is -2.30. The van der Waals surface area contributed by atoms with E-state index >= 15 is 0 Å². The van der Waals surface area contributed by atoms with Crippen molar-refractivity contribution in [2.75, 3.05) is 18.8 Å². The third-order valence-electron chi connectivity index (χ3n) is 2.59. The maximum Gasteiger partial charge on any atom is 0.401 e. The molecule has 0 heterocycles. The highest BCUT2D eigenvalue weighted by Crippen LogP contribution is 2.23. The van der Waals surface area contributed by atoms with Gasteiger partial charge >= 0.3 is 6.18 Å². The van der Waals surface area contributed by atoms with Crippen molar-refractivity contribution in [2.45, 2.75) is 11.1 Å². The molecule has 0 bridgehead atoms. The lowest BCUT2D eigenvalue weighted by atomic mass is 10.1. The second-order valence-corrected chi connectivity index (χ2v) is 5.32. The van der Waals surface area contributed by atoms with Gasteiger partial charge in [0.25, 0.3) is 0 Å². The predicted octanol–water partition coefficient (Wildman–Crippen LogP) is 4.08. The summed E-state index contributed by atoms with van der Waals surface area (Å²) in [5.74, 6) is 0.619. The molecule has 2 aromatic rings. The first-order chi connectivity index (χ1) is 9.04. The van der Waals surface area contributed by atoms with Crippen molar-refractivity contribution >= 4 is 22.5 Å². The molecule has 0 fully saturated rings. The fourth-order valence-electron chi connectivity index (χ4n) is 1.73. The Balaban J connectivity index is 1.82. The van der Waals surface area contributed by atoms with E-state index in [-0.39, 0.29) is 0 Å². The number of hydrogen-bond donors (Lipinski definition) is 1. The average molecular weight is 285 g/mol. The van der Waals surface area contributed by atoms with Crippen LogP contribution < -0.4 is 5.32 Å². The molecule has 0 atom stereocenters. The molecule has 0 spiro atoms. The maximum atomic E-state index is 11.9. The molecular formula is C14H14F3NS. The van der Waals surface area contributed by atoms with E-state index in [4.69, 9.17) is 0 Å². The third-order valence-corrected chi connectivity index (χ3v) is 3.59. The molecule has 0 aromatic heterocycles. The van der Waals surface area contributed by atoms with Gasteiger partial charge in [-0.15, -0.1) is 11.8 Å². The fraction of sp³-hybridized carbons (Fsp3) is 0.286. The first-order valence-corrected chi connectivity index (χ1v) is 6.92. The van der Waals surface area contributed by atoms with Gasteiger partial charge in [-0.05, 0) is 22.9 Å². The van der Waals surface area contributed by atoms with Crippen molar-refractivity contribution in [3.05, 3.63) is 42.5 Å². The van der Waals surface area contributed by atoms with Gasteiger partial charge in [-0.3, -0.25) is 0 Å². The summed E-state index contributed by atoms with van der Waals surface area (Å²) in [5, 5.41) is 4.70. The molecule has 0 saturated heterocycles. The quantitative estimate of drug-likeness (QED) is 0.656. The minimum absolute atomic E-state index is 0.344. The lowest BCUT2D eigenvalue weighted by molar-refractivity contribution is -0.124. The number of nitrogens with one attached hydrogen (secondary N) is 1. The number of fused-ring (bicyclic) bond motifs is 1. The summed E-state index contributed by atoms with van der Waals surface area (Å²) in [5.41, 5.74) is 0. The molecule has 0 unspecified atom stereocenters. The molecule has 102 valence electrons. The molecule has 0 aliphatic heterocycles. The highest BCUT2D eigenvalue weighted by molar-refractivity contribution is 7.99. The molecule has 0 saturated carbocycles. The summed E-state index contributed by atoms with van der Waals surface area (Å²) in [4.78, 5) is 1.08. The number of halogens is 3. The van der Waals surface area contributed by atoms with E-state index in [1.54, 1.807) is 11.8 Å². The Hall–Kier alpha value is -1.20. The molecule has 0 aliphatic carbocycles. The van der Waals surface area contributed by atoms with Gasteiger partial charge in [0.15, 0.2) is 0 Å². The van der Waals surface area contributed by atoms with Crippen LogP contribution in [-0.4, -0.2) is 25.0 Å². The molecule has 2 aromatic carbocycles. The second-order valence-electron chi connectivity index (χ2n) is 4.15. The molecule has 19 heavy (non-hydrogen) atoms. The van der Waals surface area contributed by atoms with Crippen LogP contribution in [0.5, 0.6) is 0 Å². The minimum Gasteiger partial charge on any atom is -0.308 e. The Labute approximate surface area is 114 Å². The standard InChI is InChI=1S/C14H14F3NS/c15-14(16,17)10-18-7-8-19-13-6-5-11-3-1-2-4-12(11)9-13/h1-6,9,18H,7-8,10H2. The van der Waals surface area contributed by atoms with Crippen LogP contribution in [0, 0.1) is 0 Å². The number of hydrogen-bond acceptors (Lipinski definition) is 2. The monoisotopic (exact) mass is 285 g/mol. The van der Waals surface area contributed by atoms with Crippen LogP contribution in [0.25, 0.3) is 10.8 Å². The Bertz CT molecular complexity index is 539. The van der Waals surface area contributed by atoms with Gasteiger partial charge in [0.05, 0.1) is 6.54 Å². The van der Waals surface area contributed by atoms with E-state index < -0.39 is 12.7 Å².